The van der Waals surface area contributed by atoms with Crippen LogP contribution in [0.1, 0.15) is 101 Å². The van der Waals surface area contributed by atoms with Crippen molar-refractivity contribution >= 4 is 11.4 Å². The van der Waals surface area contributed by atoms with Crippen LogP contribution < -0.4 is 9.80 Å². The second-order valence-electron chi connectivity index (χ2n) is 9.33. The maximum absolute atomic E-state index is 3.66. The van der Waals surface area contributed by atoms with Crippen LogP contribution >= 0.6 is 0 Å². The zero-order chi connectivity index (χ0) is 21.3. The van der Waals surface area contributed by atoms with Crippen LogP contribution in [0.15, 0.2) is 48.8 Å². The fraction of sp³-hybridized carbons (Fsp3) is 0.444. The van der Waals surface area contributed by atoms with E-state index in [1.54, 1.807) is 0 Å². The van der Waals surface area contributed by atoms with Crippen LogP contribution in [0, 0.1) is 6.67 Å². The van der Waals surface area contributed by atoms with Crippen LogP contribution in [0.4, 0.5) is 11.4 Å². The summed E-state index contributed by atoms with van der Waals surface area (Å²) in [6, 6.07) is 13.4. The van der Waals surface area contributed by atoms with E-state index in [1.807, 2.05) is 0 Å². The van der Waals surface area contributed by atoms with E-state index in [4.69, 9.17) is 0 Å². The van der Waals surface area contributed by atoms with Gasteiger partial charge in [-0.05, 0) is 45.9 Å². The Balaban J connectivity index is 0.00000240. The summed E-state index contributed by atoms with van der Waals surface area (Å²) in [5.74, 6) is 1.84. The van der Waals surface area contributed by atoms with Crippen molar-refractivity contribution in [1.29, 1.82) is 0 Å². The van der Waals surface area contributed by atoms with E-state index in [-0.39, 0.29) is 27.9 Å². The van der Waals surface area contributed by atoms with Crippen LogP contribution in [0.5, 0.6) is 0 Å². The van der Waals surface area contributed by atoms with Gasteiger partial charge in [0.05, 0.1) is 11.4 Å². The third-order valence-corrected chi connectivity index (χ3v) is 5.75. The third-order valence-electron chi connectivity index (χ3n) is 5.75. The molecule has 0 spiro atoms. The van der Waals surface area contributed by atoms with Gasteiger partial charge >= 0.3 is 22.4 Å². The summed E-state index contributed by atoms with van der Waals surface area (Å²) in [7, 11) is 0. The average molecular weight is 603 g/mol. The van der Waals surface area contributed by atoms with Crippen LogP contribution in [0.3, 0.4) is 0 Å². The standard InChI is InChI=1S/C27H36N2.Au.H2O/c1-18(2)22-11-9-12-23(19(3)4)26(22)28-15-16-29(17-28)27-24(20(5)6)13-10-14-25(27)21(7)8;;/h9-16,18-21H,1-8H3;;1H2/q;+1;/p-1. The Bertz CT molecular complexity index is 763. The molecule has 2 aromatic carbocycles. The molecular weight excluding hydrogens is 565 g/mol. The second kappa shape index (κ2) is 11.4. The quantitative estimate of drug-likeness (QED) is 0.317. The van der Waals surface area contributed by atoms with E-state index in [9.17, 15) is 0 Å². The number of rotatable bonds is 6. The molecule has 2 aromatic rings. The summed E-state index contributed by atoms with van der Waals surface area (Å²) >= 11 is 0. The van der Waals surface area contributed by atoms with E-state index in [0.717, 1.165) is 0 Å². The van der Waals surface area contributed by atoms with Crippen LogP contribution in [-0.2, 0) is 22.4 Å². The molecule has 1 aliphatic rings. The summed E-state index contributed by atoms with van der Waals surface area (Å²) < 4.78 is 0. The molecule has 1 aliphatic heterocycles. The SMILES string of the molecule is CC(C)c1cccc(C(C)C)c1N1[C]N(c2c(C(C)C)cccc2C(C)C)C=C1.[Au+].[OH-]. The molecule has 0 aromatic heterocycles. The molecule has 0 fully saturated rings. The molecule has 1 N–H and O–H groups in total. The predicted molar refractivity (Wildman–Crippen MR) is 129 cm³/mol. The number of nitrogens with zero attached hydrogens (tertiary/aromatic N) is 2. The first-order valence-corrected chi connectivity index (χ1v) is 11.0. The Morgan fingerprint density at radius 3 is 1.03 bits per heavy atom. The molecule has 2 radical (unpaired) electrons. The van der Waals surface area contributed by atoms with Gasteiger partial charge in [0.15, 0.2) is 0 Å². The molecule has 0 saturated carbocycles. The van der Waals surface area contributed by atoms with Gasteiger partial charge in [0.2, 0.25) is 6.67 Å². The molecule has 0 saturated heterocycles. The maximum Gasteiger partial charge on any atom is 1.00 e. The van der Waals surface area contributed by atoms with Gasteiger partial charge in [0, 0.05) is 12.4 Å². The van der Waals surface area contributed by atoms with Crippen molar-refractivity contribution in [1.82, 2.24) is 0 Å². The van der Waals surface area contributed by atoms with Gasteiger partial charge in [-0.1, -0.05) is 91.8 Å². The van der Waals surface area contributed by atoms with Crippen molar-refractivity contribution in [2.24, 2.45) is 0 Å². The Hall–Kier alpha value is -1.52. The Morgan fingerprint density at radius 2 is 0.806 bits per heavy atom. The first-order valence-electron chi connectivity index (χ1n) is 11.0. The van der Waals surface area contributed by atoms with Crippen LogP contribution in [0.25, 0.3) is 0 Å². The topological polar surface area (TPSA) is 36.5 Å². The van der Waals surface area contributed by atoms with E-state index in [1.165, 1.54) is 33.6 Å². The van der Waals surface area contributed by atoms with Gasteiger partial charge in [-0.2, -0.15) is 0 Å². The maximum atomic E-state index is 3.66. The van der Waals surface area contributed by atoms with Gasteiger partial charge in [0.25, 0.3) is 0 Å². The normalized spacial score (nSPS) is 13.4. The average Bonchev–Trinajstić information content (AvgIpc) is 3.15. The van der Waals surface area contributed by atoms with Gasteiger partial charge < -0.3 is 15.3 Å². The molecule has 31 heavy (non-hydrogen) atoms. The molecule has 0 bridgehead atoms. The Morgan fingerprint density at radius 1 is 0.548 bits per heavy atom. The van der Waals surface area contributed by atoms with Crippen molar-refractivity contribution in [3.8, 4) is 0 Å². The molecule has 0 unspecified atom stereocenters. The molecule has 3 rings (SSSR count). The minimum Gasteiger partial charge on any atom is -0.870 e. The first-order chi connectivity index (χ1) is 13.7. The fourth-order valence-corrected chi connectivity index (χ4v) is 4.14. The Kier molecular flexibility index (Phi) is 10.1. The molecule has 172 valence electrons. The van der Waals surface area contributed by atoms with Gasteiger partial charge in [-0.25, -0.2) is 0 Å². The first kappa shape index (κ1) is 27.5. The molecule has 0 amide bonds. The molecule has 1 heterocycles. The van der Waals surface area contributed by atoms with E-state index >= 15 is 0 Å². The third kappa shape index (κ3) is 5.64. The number of benzene rings is 2. The van der Waals surface area contributed by atoms with Crippen molar-refractivity contribution < 1.29 is 27.9 Å². The van der Waals surface area contributed by atoms with Gasteiger partial charge in [0.1, 0.15) is 0 Å². The number of hydrogen-bond acceptors (Lipinski definition) is 3. The molecule has 0 atom stereocenters. The van der Waals surface area contributed by atoms with E-state index < -0.39 is 0 Å². The van der Waals surface area contributed by atoms with Gasteiger partial charge in [-0.3, -0.25) is 0 Å². The van der Waals surface area contributed by atoms with Crippen molar-refractivity contribution in [3.05, 3.63) is 77.7 Å². The van der Waals surface area contributed by atoms with E-state index in [2.05, 4.69) is 121 Å². The smallest absolute Gasteiger partial charge is 0.870 e. The monoisotopic (exact) mass is 602 g/mol. The van der Waals surface area contributed by atoms with Gasteiger partial charge in [-0.15, -0.1) is 0 Å². The molecule has 3 nitrogen and oxygen atoms in total. The van der Waals surface area contributed by atoms with Crippen LogP contribution in [0.2, 0.25) is 0 Å². The molecule has 4 heteroatoms. The summed E-state index contributed by atoms with van der Waals surface area (Å²) in [6.07, 6.45) is 4.32. The summed E-state index contributed by atoms with van der Waals surface area (Å²) in [5.41, 5.74) is 8.05. The summed E-state index contributed by atoms with van der Waals surface area (Å²) in [5, 5.41) is 0. The van der Waals surface area contributed by atoms with Crippen molar-refractivity contribution in [2.75, 3.05) is 9.80 Å². The number of para-hydroxylation sites is 2. The Labute approximate surface area is 205 Å². The summed E-state index contributed by atoms with van der Waals surface area (Å²) in [4.78, 5) is 4.40. The van der Waals surface area contributed by atoms with Crippen molar-refractivity contribution in [3.63, 3.8) is 0 Å². The number of hydrogen-bond donors (Lipinski definition) is 0. The predicted octanol–water partition coefficient (Wildman–Crippen LogP) is 7.79. The number of anilines is 2. The second-order valence-corrected chi connectivity index (χ2v) is 9.33. The summed E-state index contributed by atoms with van der Waals surface area (Å²) in [6.45, 7) is 21.8. The zero-order valence-electron chi connectivity index (χ0n) is 20.1. The van der Waals surface area contributed by atoms with Crippen LogP contribution in [-0.4, -0.2) is 5.48 Å². The van der Waals surface area contributed by atoms with E-state index in [0.29, 0.717) is 23.7 Å². The minimum absolute atomic E-state index is 0. The molecular formula is C27H37AuN2O. The van der Waals surface area contributed by atoms with Crippen molar-refractivity contribution in [2.45, 2.75) is 79.1 Å². The fourth-order valence-electron chi connectivity index (χ4n) is 4.14. The minimum atomic E-state index is 0. The zero-order valence-corrected chi connectivity index (χ0v) is 22.2. The molecule has 0 aliphatic carbocycles. The largest absolute Gasteiger partial charge is 1.00 e.